The lowest BCUT2D eigenvalue weighted by molar-refractivity contribution is -0.274. The van der Waals surface area contributed by atoms with Crippen LogP contribution in [0.3, 0.4) is 0 Å². The average Bonchev–Trinajstić information content (AvgIpc) is 3.41. The molecule has 0 aliphatic heterocycles. The lowest BCUT2D eigenvalue weighted by Crippen LogP contribution is -2.48. The first-order chi connectivity index (χ1) is 19.4. The molecule has 41 heavy (non-hydrogen) atoms. The topological polar surface area (TPSA) is 146 Å². The van der Waals surface area contributed by atoms with Gasteiger partial charge in [0.1, 0.15) is 27.7 Å². The SMILES string of the molecule is Cc1nc(NC(C)c2ccc(OC(F)(F)F)cc2)nc(NC2CC(CO)C(O)C2(C)O)c1-c1nc2cnccc2s1. The molecule has 1 saturated carbocycles. The Balaban J connectivity index is 1.48. The molecular weight excluding hydrogens is 561 g/mol. The van der Waals surface area contributed by atoms with Gasteiger partial charge in [0.2, 0.25) is 5.95 Å². The van der Waals surface area contributed by atoms with E-state index in [0.717, 1.165) is 4.70 Å². The van der Waals surface area contributed by atoms with Crippen LogP contribution in [0, 0.1) is 12.8 Å². The predicted octanol–water partition coefficient (Wildman–Crippen LogP) is 4.43. The molecule has 1 fully saturated rings. The number of nitrogens with zero attached hydrogens (tertiary/aromatic N) is 4. The molecule has 5 atom stereocenters. The number of aliphatic hydroxyl groups is 3. The maximum absolute atomic E-state index is 12.5. The number of nitrogens with one attached hydrogen (secondary N) is 2. The molecule has 0 amide bonds. The summed E-state index contributed by atoms with van der Waals surface area (Å²) in [6.45, 7) is 4.83. The van der Waals surface area contributed by atoms with E-state index in [0.29, 0.717) is 39.6 Å². The number of ether oxygens (including phenoxy) is 1. The Kier molecular flexibility index (Phi) is 7.76. The fraction of sp³-hybridized carbons (Fsp3) is 0.407. The number of benzene rings is 1. The molecule has 0 saturated heterocycles. The van der Waals surface area contributed by atoms with Crippen molar-refractivity contribution in [2.24, 2.45) is 5.92 Å². The van der Waals surface area contributed by atoms with Crippen molar-refractivity contribution in [3.05, 3.63) is 54.0 Å². The molecule has 218 valence electrons. The minimum absolute atomic E-state index is 0.233. The Morgan fingerprint density at radius 3 is 2.54 bits per heavy atom. The van der Waals surface area contributed by atoms with Crippen LogP contribution >= 0.6 is 11.3 Å². The fourth-order valence-corrected chi connectivity index (χ4v) is 6.05. The molecule has 10 nitrogen and oxygen atoms in total. The summed E-state index contributed by atoms with van der Waals surface area (Å²) in [5.41, 5.74) is 1.01. The third-order valence-electron chi connectivity index (χ3n) is 7.29. The van der Waals surface area contributed by atoms with E-state index in [4.69, 9.17) is 9.97 Å². The van der Waals surface area contributed by atoms with E-state index in [1.807, 2.05) is 13.0 Å². The van der Waals surface area contributed by atoms with Crippen molar-refractivity contribution >= 4 is 33.3 Å². The average molecular weight is 591 g/mol. The summed E-state index contributed by atoms with van der Waals surface area (Å²) in [5, 5.41) is 38.5. The summed E-state index contributed by atoms with van der Waals surface area (Å²) in [6, 6.07) is 6.31. The monoisotopic (exact) mass is 590 g/mol. The first-order valence-corrected chi connectivity index (χ1v) is 13.7. The van der Waals surface area contributed by atoms with Crippen molar-refractivity contribution in [3.63, 3.8) is 0 Å². The van der Waals surface area contributed by atoms with Gasteiger partial charge in [-0.25, -0.2) is 9.97 Å². The highest BCUT2D eigenvalue weighted by atomic mass is 32.1. The Hall–Kier alpha value is -3.59. The zero-order valence-corrected chi connectivity index (χ0v) is 23.2. The largest absolute Gasteiger partial charge is 0.573 e. The van der Waals surface area contributed by atoms with Crippen LogP contribution in [0.4, 0.5) is 24.9 Å². The molecule has 4 aromatic rings. The van der Waals surface area contributed by atoms with Crippen LogP contribution in [0.1, 0.15) is 37.6 Å². The van der Waals surface area contributed by atoms with E-state index in [1.165, 1.54) is 42.5 Å². The molecule has 5 N–H and O–H groups in total. The van der Waals surface area contributed by atoms with Gasteiger partial charge >= 0.3 is 6.36 Å². The zero-order valence-electron chi connectivity index (χ0n) is 22.3. The Morgan fingerprint density at radius 1 is 1.17 bits per heavy atom. The highest BCUT2D eigenvalue weighted by Crippen LogP contribution is 2.41. The van der Waals surface area contributed by atoms with Crippen molar-refractivity contribution in [1.82, 2.24) is 19.9 Å². The number of aromatic nitrogens is 4. The van der Waals surface area contributed by atoms with Crippen LogP contribution in [0.5, 0.6) is 5.75 Å². The highest BCUT2D eigenvalue weighted by molar-refractivity contribution is 7.21. The molecule has 0 bridgehead atoms. The standard InChI is InChI=1S/C27H29F3N6O4S/c1-13(15-4-6-17(7-5-15)40-27(28,29)30)32-25-33-14(2)21(24-34-18-11-31-9-8-19(18)41-24)23(36-25)35-20-10-16(12-37)22(38)26(20,3)39/h4-9,11,13,16,20,22,37-39H,10,12H2,1-3H3,(H2,32,33,35,36). The molecule has 5 unspecified atom stereocenters. The number of rotatable bonds is 8. The number of aryl methyl sites for hydroxylation is 1. The number of thiazole rings is 1. The molecule has 5 rings (SSSR count). The summed E-state index contributed by atoms with van der Waals surface area (Å²) < 4.78 is 42.5. The summed E-state index contributed by atoms with van der Waals surface area (Å²) >= 11 is 1.43. The van der Waals surface area contributed by atoms with Gasteiger partial charge in [0.15, 0.2) is 0 Å². The fourth-order valence-electron chi connectivity index (χ4n) is 5.02. The predicted molar refractivity (Wildman–Crippen MR) is 148 cm³/mol. The first-order valence-electron chi connectivity index (χ1n) is 12.9. The Bertz CT molecular complexity index is 1500. The number of fused-ring (bicyclic) bond motifs is 1. The van der Waals surface area contributed by atoms with Crippen LogP contribution in [-0.2, 0) is 0 Å². The van der Waals surface area contributed by atoms with Gasteiger partial charge in [-0.2, -0.15) is 4.98 Å². The Labute approximate surface area is 237 Å². The second-order valence-electron chi connectivity index (χ2n) is 10.2. The van der Waals surface area contributed by atoms with Gasteiger partial charge in [-0.15, -0.1) is 24.5 Å². The maximum Gasteiger partial charge on any atom is 0.573 e. The van der Waals surface area contributed by atoms with E-state index >= 15 is 0 Å². The van der Waals surface area contributed by atoms with E-state index in [1.54, 1.807) is 19.3 Å². The quantitative estimate of drug-likeness (QED) is 0.200. The molecule has 14 heteroatoms. The number of anilines is 2. The van der Waals surface area contributed by atoms with Gasteiger partial charge < -0.3 is 30.7 Å². The normalized spacial score (nSPS) is 23.5. The van der Waals surface area contributed by atoms with Gasteiger partial charge in [-0.3, -0.25) is 4.98 Å². The van der Waals surface area contributed by atoms with Crippen molar-refractivity contribution < 1.29 is 33.2 Å². The lowest BCUT2D eigenvalue weighted by atomic mass is 9.96. The maximum atomic E-state index is 12.5. The number of aliphatic hydroxyl groups excluding tert-OH is 2. The molecule has 3 heterocycles. The number of hydrogen-bond acceptors (Lipinski definition) is 11. The van der Waals surface area contributed by atoms with Gasteiger partial charge in [0, 0.05) is 18.7 Å². The Morgan fingerprint density at radius 2 is 1.90 bits per heavy atom. The van der Waals surface area contributed by atoms with Crippen molar-refractivity contribution in [3.8, 4) is 16.3 Å². The van der Waals surface area contributed by atoms with Gasteiger partial charge in [-0.1, -0.05) is 12.1 Å². The lowest BCUT2D eigenvalue weighted by Gasteiger charge is -2.30. The molecule has 0 radical (unpaired) electrons. The molecule has 1 aliphatic rings. The molecule has 1 aromatic carbocycles. The van der Waals surface area contributed by atoms with Crippen LogP contribution in [0.2, 0.25) is 0 Å². The van der Waals surface area contributed by atoms with Gasteiger partial charge in [0.05, 0.1) is 40.3 Å². The van der Waals surface area contributed by atoms with Crippen LogP contribution in [0.25, 0.3) is 20.8 Å². The second kappa shape index (κ2) is 11.0. The number of halogens is 3. The van der Waals surface area contributed by atoms with E-state index < -0.39 is 36.1 Å². The van der Waals surface area contributed by atoms with Crippen molar-refractivity contribution in [2.45, 2.75) is 57.3 Å². The minimum Gasteiger partial charge on any atom is -0.406 e. The first kappa shape index (κ1) is 28.9. The molecule has 3 aromatic heterocycles. The zero-order chi connectivity index (χ0) is 29.5. The van der Waals surface area contributed by atoms with E-state index in [9.17, 15) is 28.5 Å². The number of pyridine rings is 1. The molecule has 0 spiro atoms. The third-order valence-corrected chi connectivity index (χ3v) is 8.34. The van der Waals surface area contributed by atoms with Crippen LogP contribution in [0.15, 0.2) is 42.7 Å². The molecular formula is C27H29F3N6O4S. The van der Waals surface area contributed by atoms with Crippen LogP contribution < -0.4 is 15.4 Å². The van der Waals surface area contributed by atoms with E-state index in [2.05, 4.69) is 25.3 Å². The van der Waals surface area contributed by atoms with Gasteiger partial charge in [0.25, 0.3) is 0 Å². The summed E-state index contributed by atoms with van der Waals surface area (Å²) in [5.74, 6) is -0.250. The molecule has 1 aliphatic carbocycles. The second-order valence-corrected chi connectivity index (χ2v) is 11.3. The van der Waals surface area contributed by atoms with Crippen molar-refractivity contribution in [2.75, 3.05) is 17.2 Å². The number of hydrogen-bond donors (Lipinski definition) is 5. The van der Waals surface area contributed by atoms with Crippen LogP contribution in [-0.4, -0.2) is 66.0 Å². The summed E-state index contributed by atoms with van der Waals surface area (Å²) in [4.78, 5) is 18.2. The highest BCUT2D eigenvalue weighted by Gasteiger charge is 2.50. The summed E-state index contributed by atoms with van der Waals surface area (Å²) in [7, 11) is 0. The minimum atomic E-state index is -4.78. The third kappa shape index (κ3) is 6.05. The smallest absolute Gasteiger partial charge is 0.406 e. The number of alkyl halides is 3. The van der Waals surface area contributed by atoms with Gasteiger partial charge in [-0.05, 0) is 51.0 Å². The van der Waals surface area contributed by atoms with E-state index in [-0.39, 0.29) is 18.3 Å². The van der Waals surface area contributed by atoms with Crippen molar-refractivity contribution in [1.29, 1.82) is 0 Å². The summed E-state index contributed by atoms with van der Waals surface area (Å²) in [6.07, 6.45) is -2.30.